The van der Waals surface area contributed by atoms with Crippen molar-refractivity contribution >= 4 is 55.1 Å². The number of amides is 2. The first kappa shape index (κ1) is 31.6. The van der Waals surface area contributed by atoms with Crippen LogP contribution in [0.25, 0.3) is 0 Å². The number of benzene rings is 3. The van der Waals surface area contributed by atoms with Gasteiger partial charge in [-0.05, 0) is 61.2 Å². The van der Waals surface area contributed by atoms with Gasteiger partial charge in [0.25, 0.3) is 0 Å². The van der Waals surface area contributed by atoms with Gasteiger partial charge in [0.15, 0.2) is 0 Å². The van der Waals surface area contributed by atoms with E-state index in [1.165, 1.54) is 11.0 Å². The summed E-state index contributed by atoms with van der Waals surface area (Å²) in [6.07, 6.45) is 2.04. The minimum atomic E-state index is -3.87. The van der Waals surface area contributed by atoms with Gasteiger partial charge in [0.2, 0.25) is 21.8 Å². The zero-order valence-corrected chi connectivity index (χ0v) is 26.3. The maximum Gasteiger partial charge on any atom is 0.244 e. The van der Waals surface area contributed by atoms with Crippen molar-refractivity contribution in [3.05, 3.63) is 99.0 Å². The third-order valence-electron chi connectivity index (χ3n) is 6.66. The van der Waals surface area contributed by atoms with Crippen LogP contribution in [-0.2, 0) is 32.6 Å². The molecule has 214 valence electrons. The van der Waals surface area contributed by atoms with E-state index in [9.17, 15) is 18.0 Å². The number of aryl methyl sites for hydroxylation is 1. The Balaban J connectivity index is 2.08. The van der Waals surface area contributed by atoms with E-state index in [-0.39, 0.29) is 24.9 Å². The van der Waals surface area contributed by atoms with Gasteiger partial charge in [0, 0.05) is 28.5 Å². The topological polar surface area (TPSA) is 86.8 Å². The van der Waals surface area contributed by atoms with Crippen LogP contribution >= 0.6 is 27.5 Å². The summed E-state index contributed by atoms with van der Waals surface area (Å²) in [5.41, 5.74) is 2.65. The third-order valence-corrected chi connectivity index (χ3v) is 8.55. The fourth-order valence-electron chi connectivity index (χ4n) is 4.23. The maximum atomic E-state index is 14.1. The molecule has 0 radical (unpaired) electrons. The van der Waals surface area contributed by atoms with Gasteiger partial charge in [0.1, 0.15) is 12.6 Å². The van der Waals surface area contributed by atoms with Gasteiger partial charge in [-0.25, -0.2) is 8.42 Å². The van der Waals surface area contributed by atoms with E-state index in [0.29, 0.717) is 16.3 Å². The molecule has 0 aliphatic heterocycles. The summed E-state index contributed by atoms with van der Waals surface area (Å²) < 4.78 is 27.8. The lowest BCUT2D eigenvalue weighted by Gasteiger charge is -2.34. The molecule has 0 heterocycles. The van der Waals surface area contributed by atoms with Crippen LogP contribution in [0.3, 0.4) is 0 Å². The molecule has 7 nitrogen and oxygen atoms in total. The van der Waals surface area contributed by atoms with Crippen molar-refractivity contribution in [2.75, 3.05) is 17.1 Å². The van der Waals surface area contributed by atoms with Gasteiger partial charge < -0.3 is 10.2 Å². The first-order valence-electron chi connectivity index (χ1n) is 13.0. The van der Waals surface area contributed by atoms with Crippen LogP contribution in [0.15, 0.2) is 77.3 Å². The molecule has 3 rings (SSSR count). The Kier molecular flexibility index (Phi) is 11.2. The van der Waals surface area contributed by atoms with Crippen LogP contribution in [0.1, 0.15) is 37.0 Å². The van der Waals surface area contributed by atoms with Gasteiger partial charge in [-0.15, -0.1) is 0 Å². The molecule has 3 aromatic carbocycles. The van der Waals surface area contributed by atoms with Crippen LogP contribution in [0.2, 0.25) is 5.02 Å². The SMILES string of the molecule is CC[C@@H](C)NC(=O)[C@H](Cc1ccccc1)N(Cc1ccc(Br)cc1)C(=O)CN(c1cc(Cl)ccc1C)S(C)(=O)=O. The smallest absolute Gasteiger partial charge is 0.244 e. The predicted molar refractivity (Wildman–Crippen MR) is 165 cm³/mol. The molecule has 0 aromatic heterocycles. The normalized spacial score (nSPS) is 12.8. The van der Waals surface area contributed by atoms with Gasteiger partial charge in [-0.3, -0.25) is 13.9 Å². The Hall–Kier alpha value is -2.88. The van der Waals surface area contributed by atoms with E-state index in [1.807, 2.05) is 68.4 Å². The molecular weight excluding hydrogens is 614 g/mol. The van der Waals surface area contributed by atoms with Gasteiger partial charge in [0.05, 0.1) is 11.9 Å². The molecule has 0 fully saturated rings. The molecule has 10 heteroatoms. The van der Waals surface area contributed by atoms with Crippen molar-refractivity contribution in [2.24, 2.45) is 0 Å². The molecule has 0 saturated carbocycles. The fourth-order valence-corrected chi connectivity index (χ4v) is 5.56. The van der Waals surface area contributed by atoms with Crippen molar-refractivity contribution < 1.29 is 18.0 Å². The van der Waals surface area contributed by atoms with Crippen molar-refractivity contribution in [1.82, 2.24) is 10.2 Å². The third kappa shape index (κ3) is 8.81. The molecule has 0 aliphatic carbocycles. The van der Waals surface area contributed by atoms with E-state index in [1.54, 1.807) is 19.1 Å². The zero-order chi connectivity index (χ0) is 29.4. The highest BCUT2D eigenvalue weighted by Gasteiger charge is 2.33. The highest BCUT2D eigenvalue weighted by Crippen LogP contribution is 2.27. The second kappa shape index (κ2) is 14.1. The molecule has 0 saturated heterocycles. The number of anilines is 1. The number of rotatable bonds is 12. The van der Waals surface area contributed by atoms with Crippen molar-refractivity contribution in [1.29, 1.82) is 0 Å². The zero-order valence-electron chi connectivity index (χ0n) is 23.1. The molecule has 0 spiro atoms. The van der Waals surface area contributed by atoms with E-state index >= 15 is 0 Å². The first-order chi connectivity index (χ1) is 18.9. The van der Waals surface area contributed by atoms with Crippen LogP contribution in [0, 0.1) is 6.92 Å². The van der Waals surface area contributed by atoms with Gasteiger partial charge >= 0.3 is 0 Å². The fraction of sp³-hybridized carbons (Fsp3) is 0.333. The summed E-state index contributed by atoms with van der Waals surface area (Å²) in [5.74, 6) is -0.804. The Bertz CT molecular complexity index is 1420. The first-order valence-corrected chi connectivity index (χ1v) is 16.0. The number of halogens is 2. The summed E-state index contributed by atoms with van der Waals surface area (Å²) in [5, 5.41) is 3.37. The van der Waals surface area contributed by atoms with E-state index in [0.717, 1.165) is 32.6 Å². The average Bonchev–Trinajstić information content (AvgIpc) is 2.91. The lowest BCUT2D eigenvalue weighted by molar-refractivity contribution is -0.140. The van der Waals surface area contributed by atoms with E-state index < -0.39 is 28.5 Å². The summed E-state index contributed by atoms with van der Waals surface area (Å²) in [7, 11) is -3.87. The second-order valence-electron chi connectivity index (χ2n) is 9.87. The van der Waals surface area contributed by atoms with Crippen molar-refractivity contribution in [3.63, 3.8) is 0 Å². The molecule has 0 aliphatic rings. The Morgan fingerprint density at radius 3 is 2.25 bits per heavy atom. The average molecular weight is 649 g/mol. The molecule has 3 aromatic rings. The van der Waals surface area contributed by atoms with Crippen LogP contribution in [0.5, 0.6) is 0 Å². The van der Waals surface area contributed by atoms with Crippen molar-refractivity contribution in [3.8, 4) is 0 Å². The number of nitrogens with one attached hydrogen (secondary N) is 1. The number of carbonyl (C=O) groups is 2. The number of hydrogen-bond donors (Lipinski definition) is 1. The molecule has 1 N–H and O–H groups in total. The predicted octanol–water partition coefficient (Wildman–Crippen LogP) is 5.73. The lowest BCUT2D eigenvalue weighted by Crippen LogP contribution is -2.54. The molecular formula is C30H35BrClN3O4S. The molecule has 0 unspecified atom stereocenters. The van der Waals surface area contributed by atoms with Crippen molar-refractivity contribution in [2.45, 2.75) is 52.2 Å². The Labute approximate surface area is 250 Å². The standard InChI is InChI=1S/C30H35BrClN3O4S/c1-5-22(3)33-30(37)28(17-23-9-7-6-8-10-23)34(19-24-12-14-25(31)15-13-24)29(36)20-35(40(4,38)39)27-18-26(32)16-11-21(27)2/h6-16,18,22,28H,5,17,19-20H2,1-4H3,(H,33,37)/t22-,28+/m1/s1. The quantitative estimate of drug-likeness (QED) is 0.272. The van der Waals surface area contributed by atoms with Gasteiger partial charge in [-0.1, -0.05) is 83.0 Å². The van der Waals surface area contributed by atoms with E-state index in [2.05, 4.69) is 21.2 Å². The number of hydrogen-bond acceptors (Lipinski definition) is 4. The second-order valence-corrected chi connectivity index (χ2v) is 13.1. The molecule has 0 bridgehead atoms. The van der Waals surface area contributed by atoms with E-state index in [4.69, 9.17) is 11.6 Å². The summed E-state index contributed by atoms with van der Waals surface area (Å²) >= 11 is 9.64. The Morgan fingerprint density at radius 2 is 1.65 bits per heavy atom. The molecule has 2 amide bonds. The number of nitrogens with zero attached hydrogens (tertiary/aromatic N) is 2. The highest BCUT2D eigenvalue weighted by molar-refractivity contribution is 9.10. The summed E-state index contributed by atoms with van der Waals surface area (Å²) in [6, 6.07) is 20.8. The molecule has 40 heavy (non-hydrogen) atoms. The lowest BCUT2D eigenvalue weighted by atomic mass is 10.0. The minimum Gasteiger partial charge on any atom is -0.352 e. The molecule has 2 atom stereocenters. The monoisotopic (exact) mass is 647 g/mol. The largest absolute Gasteiger partial charge is 0.352 e. The number of sulfonamides is 1. The Morgan fingerprint density at radius 1 is 1.00 bits per heavy atom. The minimum absolute atomic E-state index is 0.1000. The van der Waals surface area contributed by atoms with Crippen LogP contribution in [0.4, 0.5) is 5.69 Å². The van der Waals surface area contributed by atoms with Crippen LogP contribution < -0.4 is 9.62 Å². The maximum absolute atomic E-state index is 14.1. The number of carbonyl (C=O) groups excluding carboxylic acids is 2. The van der Waals surface area contributed by atoms with Gasteiger partial charge in [-0.2, -0.15) is 0 Å². The highest BCUT2D eigenvalue weighted by atomic mass is 79.9. The summed E-state index contributed by atoms with van der Waals surface area (Å²) in [6.45, 7) is 5.26. The van der Waals surface area contributed by atoms with Crippen LogP contribution in [-0.4, -0.2) is 50.0 Å². The summed E-state index contributed by atoms with van der Waals surface area (Å²) in [4.78, 5) is 29.3.